The number of aryl methyl sites for hydroxylation is 1. The molecule has 3 rings (SSSR count). The molecule has 10 heteroatoms. The van der Waals surface area contributed by atoms with Crippen molar-refractivity contribution >= 4 is 29.3 Å². The Morgan fingerprint density at radius 3 is 2.61 bits per heavy atom. The molecule has 2 aromatic carbocycles. The summed E-state index contributed by atoms with van der Waals surface area (Å²) in [5.74, 6) is 1.21. The lowest BCUT2D eigenvalue weighted by molar-refractivity contribution is -0.113. The van der Waals surface area contributed by atoms with Crippen LogP contribution in [0.2, 0.25) is 0 Å². The molecule has 0 atom stereocenters. The Labute approximate surface area is 196 Å². The van der Waals surface area contributed by atoms with E-state index in [1.165, 1.54) is 18.9 Å². The number of thioether (sulfide) groups is 1. The normalized spacial score (nSPS) is 10.5. The highest BCUT2D eigenvalue weighted by atomic mass is 32.2. The fraction of sp³-hybridized carbons (Fsp3) is 0.304. The van der Waals surface area contributed by atoms with Crippen LogP contribution in [0.5, 0.6) is 11.5 Å². The van der Waals surface area contributed by atoms with E-state index in [0.717, 1.165) is 5.56 Å². The van der Waals surface area contributed by atoms with Gasteiger partial charge < -0.3 is 24.1 Å². The number of aromatic nitrogens is 3. The standard InChI is InChI=1S/C23H26N4O5S/c1-5-27-20(13-32-18-11-10-15(2)12-19(18)30-3)25-26-23(27)33-14-21(28)24-17-9-7-6-8-16(17)22(29)31-4/h6-12H,5,13-14H2,1-4H3,(H,24,28). The van der Waals surface area contributed by atoms with Gasteiger partial charge in [-0.1, -0.05) is 30.0 Å². The quantitative estimate of drug-likeness (QED) is 0.353. The van der Waals surface area contributed by atoms with Gasteiger partial charge in [0.2, 0.25) is 5.91 Å². The van der Waals surface area contributed by atoms with Crippen LogP contribution in [0.15, 0.2) is 47.6 Å². The maximum absolute atomic E-state index is 12.5. The Balaban J connectivity index is 1.63. The lowest BCUT2D eigenvalue weighted by atomic mass is 10.2. The van der Waals surface area contributed by atoms with Gasteiger partial charge in [-0.05, 0) is 43.7 Å². The van der Waals surface area contributed by atoms with E-state index in [1.807, 2.05) is 36.6 Å². The van der Waals surface area contributed by atoms with Crippen LogP contribution < -0.4 is 14.8 Å². The molecule has 0 saturated heterocycles. The number of para-hydroxylation sites is 1. The number of rotatable bonds is 10. The van der Waals surface area contributed by atoms with Crippen molar-refractivity contribution in [1.82, 2.24) is 14.8 Å². The zero-order valence-electron chi connectivity index (χ0n) is 19.0. The number of anilines is 1. The topological polar surface area (TPSA) is 105 Å². The second kappa shape index (κ2) is 11.4. The Kier molecular flexibility index (Phi) is 8.31. The first kappa shape index (κ1) is 24.1. The number of ether oxygens (including phenoxy) is 3. The van der Waals surface area contributed by atoms with Crippen LogP contribution in [-0.2, 0) is 22.7 Å². The van der Waals surface area contributed by atoms with Crippen LogP contribution >= 0.6 is 11.8 Å². The predicted octanol–water partition coefficient (Wildman–Crippen LogP) is 3.71. The van der Waals surface area contributed by atoms with E-state index in [-0.39, 0.29) is 18.3 Å². The number of hydrogen-bond donors (Lipinski definition) is 1. The van der Waals surface area contributed by atoms with Crippen molar-refractivity contribution in [3.8, 4) is 11.5 Å². The van der Waals surface area contributed by atoms with Crippen molar-refractivity contribution in [1.29, 1.82) is 0 Å². The van der Waals surface area contributed by atoms with E-state index in [0.29, 0.717) is 40.3 Å². The van der Waals surface area contributed by atoms with Gasteiger partial charge in [0.25, 0.3) is 0 Å². The molecule has 174 valence electrons. The molecule has 1 amide bonds. The fourth-order valence-electron chi connectivity index (χ4n) is 3.08. The van der Waals surface area contributed by atoms with Gasteiger partial charge in [-0.25, -0.2) is 4.79 Å². The number of carbonyl (C=O) groups excluding carboxylic acids is 2. The molecule has 1 N–H and O–H groups in total. The lowest BCUT2D eigenvalue weighted by Gasteiger charge is -2.12. The van der Waals surface area contributed by atoms with E-state index in [9.17, 15) is 9.59 Å². The first-order valence-electron chi connectivity index (χ1n) is 10.3. The summed E-state index contributed by atoms with van der Waals surface area (Å²) < 4.78 is 17.9. The average molecular weight is 471 g/mol. The van der Waals surface area contributed by atoms with E-state index < -0.39 is 5.97 Å². The van der Waals surface area contributed by atoms with Crippen molar-refractivity contribution in [2.45, 2.75) is 32.2 Å². The highest BCUT2D eigenvalue weighted by molar-refractivity contribution is 7.99. The van der Waals surface area contributed by atoms with Gasteiger partial charge in [0.15, 0.2) is 22.5 Å². The molecule has 0 aliphatic carbocycles. The van der Waals surface area contributed by atoms with Crippen LogP contribution in [0.1, 0.15) is 28.7 Å². The van der Waals surface area contributed by atoms with Crippen LogP contribution in [0, 0.1) is 6.92 Å². The summed E-state index contributed by atoms with van der Waals surface area (Å²) in [4.78, 5) is 24.4. The van der Waals surface area contributed by atoms with Crippen LogP contribution in [-0.4, -0.2) is 46.6 Å². The highest BCUT2D eigenvalue weighted by Crippen LogP contribution is 2.29. The molecule has 0 unspecified atom stereocenters. The van der Waals surface area contributed by atoms with Crippen molar-refractivity contribution in [2.24, 2.45) is 0 Å². The van der Waals surface area contributed by atoms with Gasteiger partial charge in [-0.2, -0.15) is 0 Å². The molecule has 0 bridgehead atoms. The van der Waals surface area contributed by atoms with Gasteiger partial charge in [0.05, 0.1) is 31.2 Å². The first-order chi connectivity index (χ1) is 16.0. The van der Waals surface area contributed by atoms with Gasteiger partial charge in [-0.15, -0.1) is 10.2 Å². The Bertz CT molecular complexity index is 1130. The van der Waals surface area contributed by atoms with E-state index in [1.54, 1.807) is 31.4 Å². The summed E-state index contributed by atoms with van der Waals surface area (Å²) >= 11 is 1.25. The fourth-order valence-corrected chi connectivity index (χ4v) is 3.90. The molecule has 3 aromatic rings. The van der Waals surface area contributed by atoms with Crippen molar-refractivity contribution < 1.29 is 23.8 Å². The molecule has 1 aromatic heterocycles. The largest absolute Gasteiger partial charge is 0.493 e. The number of methoxy groups -OCH3 is 2. The SMILES string of the molecule is CCn1c(COc2ccc(C)cc2OC)nnc1SCC(=O)Nc1ccccc1C(=O)OC. The monoisotopic (exact) mass is 470 g/mol. The summed E-state index contributed by atoms with van der Waals surface area (Å²) in [6, 6.07) is 12.4. The van der Waals surface area contributed by atoms with Crippen LogP contribution in [0.25, 0.3) is 0 Å². The smallest absolute Gasteiger partial charge is 0.339 e. The molecule has 0 spiro atoms. The maximum Gasteiger partial charge on any atom is 0.339 e. The minimum absolute atomic E-state index is 0.0975. The summed E-state index contributed by atoms with van der Waals surface area (Å²) in [7, 11) is 2.89. The van der Waals surface area contributed by atoms with Crippen LogP contribution in [0.4, 0.5) is 5.69 Å². The lowest BCUT2D eigenvalue weighted by Crippen LogP contribution is -2.17. The zero-order valence-corrected chi connectivity index (χ0v) is 19.8. The Morgan fingerprint density at radius 2 is 1.88 bits per heavy atom. The van der Waals surface area contributed by atoms with Crippen molar-refractivity contribution in [3.05, 3.63) is 59.4 Å². The third-order valence-electron chi connectivity index (χ3n) is 4.72. The van der Waals surface area contributed by atoms with E-state index in [2.05, 4.69) is 15.5 Å². The molecule has 0 radical (unpaired) electrons. The summed E-state index contributed by atoms with van der Waals surface area (Å²) in [5.41, 5.74) is 1.76. The number of carbonyl (C=O) groups is 2. The summed E-state index contributed by atoms with van der Waals surface area (Å²) in [6.07, 6.45) is 0. The van der Waals surface area contributed by atoms with Gasteiger partial charge in [-0.3, -0.25) is 4.79 Å². The van der Waals surface area contributed by atoms with E-state index in [4.69, 9.17) is 14.2 Å². The Morgan fingerprint density at radius 1 is 1.09 bits per heavy atom. The minimum Gasteiger partial charge on any atom is -0.493 e. The molecular weight excluding hydrogens is 444 g/mol. The zero-order chi connectivity index (χ0) is 23.8. The second-order valence-corrected chi connectivity index (χ2v) is 7.90. The molecule has 9 nitrogen and oxygen atoms in total. The van der Waals surface area contributed by atoms with E-state index >= 15 is 0 Å². The number of nitrogens with one attached hydrogen (secondary N) is 1. The molecular formula is C23H26N4O5S. The third kappa shape index (κ3) is 6.04. The minimum atomic E-state index is -0.515. The molecule has 1 heterocycles. The van der Waals surface area contributed by atoms with Gasteiger partial charge >= 0.3 is 5.97 Å². The summed E-state index contributed by atoms with van der Waals surface area (Å²) in [6.45, 7) is 4.77. The number of hydrogen-bond acceptors (Lipinski definition) is 8. The number of benzene rings is 2. The first-order valence-corrected chi connectivity index (χ1v) is 11.2. The molecule has 0 saturated carbocycles. The average Bonchev–Trinajstić information content (AvgIpc) is 3.23. The third-order valence-corrected chi connectivity index (χ3v) is 5.69. The number of nitrogens with zero attached hydrogens (tertiary/aromatic N) is 3. The number of esters is 1. The van der Waals surface area contributed by atoms with Crippen LogP contribution in [0.3, 0.4) is 0 Å². The molecule has 33 heavy (non-hydrogen) atoms. The number of amides is 1. The molecule has 0 fully saturated rings. The molecule has 0 aliphatic rings. The molecule has 0 aliphatic heterocycles. The predicted molar refractivity (Wildman–Crippen MR) is 125 cm³/mol. The van der Waals surface area contributed by atoms with Gasteiger partial charge in [0.1, 0.15) is 6.61 Å². The maximum atomic E-state index is 12.5. The van der Waals surface area contributed by atoms with Crippen molar-refractivity contribution in [2.75, 3.05) is 25.3 Å². The van der Waals surface area contributed by atoms with Crippen molar-refractivity contribution in [3.63, 3.8) is 0 Å². The Hall–Kier alpha value is -3.53. The summed E-state index contributed by atoms with van der Waals surface area (Å²) in [5, 5.41) is 11.8. The second-order valence-electron chi connectivity index (χ2n) is 6.96. The van der Waals surface area contributed by atoms with Gasteiger partial charge in [0, 0.05) is 6.54 Å². The highest BCUT2D eigenvalue weighted by Gasteiger charge is 2.17.